The zero-order valence-corrected chi connectivity index (χ0v) is 9.14. The number of nitrogens with zero attached hydrogens (tertiary/aromatic N) is 1. The maximum absolute atomic E-state index is 5.37. The molecular weight excluding hydrogens is 158 g/mol. The maximum atomic E-state index is 5.37. The third-order valence-corrected chi connectivity index (χ3v) is 3.34. The Morgan fingerprint density at radius 2 is 2.23 bits per heavy atom. The molecule has 1 atom stereocenters. The van der Waals surface area contributed by atoms with E-state index in [1.807, 2.05) is 0 Å². The molecule has 0 amide bonds. The highest BCUT2D eigenvalue weighted by Gasteiger charge is 2.37. The lowest BCUT2D eigenvalue weighted by molar-refractivity contribution is 0.134. The fourth-order valence-electron chi connectivity index (χ4n) is 2.54. The van der Waals surface area contributed by atoms with Crippen molar-refractivity contribution in [3.63, 3.8) is 0 Å². The molecule has 74 valence electrons. The summed E-state index contributed by atoms with van der Waals surface area (Å²) >= 11 is 0. The molecule has 1 unspecified atom stereocenters. The molecule has 0 aromatic carbocycles. The summed E-state index contributed by atoms with van der Waals surface area (Å²) in [5.74, 6) is 2.76. The summed E-state index contributed by atoms with van der Waals surface area (Å²) in [6.07, 6.45) is 9.40. The summed E-state index contributed by atoms with van der Waals surface area (Å²) in [5.41, 5.74) is 0.465. The van der Waals surface area contributed by atoms with E-state index in [1.165, 1.54) is 19.3 Å². The molecule has 0 bridgehead atoms. The highest BCUT2D eigenvalue weighted by molar-refractivity contribution is 4.96. The van der Waals surface area contributed by atoms with Crippen LogP contribution in [-0.4, -0.2) is 24.0 Å². The van der Waals surface area contributed by atoms with E-state index in [0.29, 0.717) is 11.5 Å². The van der Waals surface area contributed by atoms with Gasteiger partial charge in [0.2, 0.25) is 0 Å². The van der Waals surface area contributed by atoms with Crippen molar-refractivity contribution in [2.45, 2.75) is 46.1 Å². The number of hydrogen-bond acceptors (Lipinski definition) is 1. The van der Waals surface area contributed by atoms with Gasteiger partial charge in [-0.2, -0.15) is 0 Å². The average molecular weight is 179 g/mol. The van der Waals surface area contributed by atoms with Crippen LogP contribution in [0.2, 0.25) is 0 Å². The molecule has 13 heavy (non-hydrogen) atoms. The molecule has 1 nitrogen and oxygen atoms in total. The van der Waals surface area contributed by atoms with Crippen molar-refractivity contribution in [1.82, 2.24) is 4.90 Å². The first-order valence-corrected chi connectivity index (χ1v) is 5.29. The molecule has 1 aliphatic carbocycles. The molecule has 1 saturated carbocycles. The van der Waals surface area contributed by atoms with Crippen LogP contribution in [0, 0.1) is 17.8 Å². The van der Waals surface area contributed by atoms with E-state index in [2.05, 4.69) is 31.6 Å². The molecule has 0 saturated heterocycles. The quantitative estimate of drug-likeness (QED) is 0.602. The molecule has 0 heterocycles. The van der Waals surface area contributed by atoms with E-state index < -0.39 is 0 Å². The Kier molecular flexibility index (Phi) is 3.39. The third kappa shape index (κ3) is 2.25. The Balaban J connectivity index is 2.63. The van der Waals surface area contributed by atoms with Crippen LogP contribution in [-0.2, 0) is 0 Å². The Bertz CT molecular complexity index is 200. The van der Waals surface area contributed by atoms with Crippen LogP contribution in [0.25, 0.3) is 0 Å². The van der Waals surface area contributed by atoms with Gasteiger partial charge >= 0.3 is 0 Å². The normalized spacial score (nSPS) is 26.2. The van der Waals surface area contributed by atoms with Crippen molar-refractivity contribution in [1.29, 1.82) is 0 Å². The maximum Gasteiger partial charge on any atom is 0.0601 e. The lowest BCUT2D eigenvalue weighted by Gasteiger charge is -2.35. The molecule has 1 rings (SSSR count). The van der Waals surface area contributed by atoms with Gasteiger partial charge in [-0.15, -0.1) is 6.42 Å². The highest BCUT2D eigenvalue weighted by atomic mass is 15.2. The predicted molar refractivity (Wildman–Crippen MR) is 57.5 cm³/mol. The van der Waals surface area contributed by atoms with Crippen molar-refractivity contribution >= 4 is 0 Å². The van der Waals surface area contributed by atoms with E-state index in [0.717, 1.165) is 13.1 Å². The van der Waals surface area contributed by atoms with Gasteiger partial charge in [-0.1, -0.05) is 33.1 Å². The van der Waals surface area contributed by atoms with Gasteiger partial charge < -0.3 is 0 Å². The van der Waals surface area contributed by atoms with Crippen LogP contribution in [0.4, 0.5) is 0 Å². The fourth-order valence-corrected chi connectivity index (χ4v) is 2.54. The van der Waals surface area contributed by atoms with Gasteiger partial charge in [-0.05, 0) is 24.8 Å². The summed E-state index contributed by atoms with van der Waals surface area (Å²) in [6.45, 7) is 8.82. The van der Waals surface area contributed by atoms with Crippen molar-refractivity contribution in [2.75, 3.05) is 13.1 Å². The Morgan fingerprint density at radius 1 is 1.54 bits per heavy atom. The zero-order chi connectivity index (χ0) is 9.90. The van der Waals surface area contributed by atoms with Gasteiger partial charge in [0.25, 0.3) is 0 Å². The van der Waals surface area contributed by atoms with Crippen molar-refractivity contribution in [3.8, 4) is 12.3 Å². The summed E-state index contributed by atoms with van der Waals surface area (Å²) in [4.78, 5) is 2.44. The van der Waals surface area contributed by atoms with Crippen molar-refractivity contribution < 1.29 is 0 Å². The molecule has 0 aliphatic heterocycles. The molecule has 1 heteroatoms. The average Bonchev–Trinajstić information content (AvgIpc) is 2.41. The summed E-state index contributed by atoms with van der Waals surface area (Å²) in [7, 11) is 0. The first-order chi connectivity index (χ1) is 6.11. The predicted octanol–water partition coefficient (Wildman–Crippen LogP) is 2.52. The van der Waals surface area contributed by atoms with Crippen LogP contribution < -0.4 is 0 Å². The second-order valence-electron chi connectivity index (χ2n) is 4.66. The molecule has 1 fully saturated rings. The van der Waals surface area contributed by atoms with Gasteiger partial charge in [0, 0.05) is 6.04 Å². The van der Waals surface area contributed by atoms with E-state index in [-0.39, 0.29) is 0 Å². The van der Waals surface area contributed by atoms with Gasteiger partial charge in [0.1, 0.15) is 0 Å². The largest absolute Gasteiger partial charge is 0.289 e. The van der Waals surface area contributed by atoms with Crippen LogP contribution in [0.5, 0.6) is 0 Å². The highest BCUT2D eigenvalue weighted by Crippen LogP contribution is 2.40. The van der Waals surface area contributed by atoms with Crippen molar-refractivity contribution in [2.24, 2.45) is 5.41 Å². The van der Waals surface area contributed by atoms with Crippen LogP contribution in [0.15, 0.2) is 0 Å². The smallest absolute Gasteiger partial charge is 0.0601 e. The van der Waals surface area contributed by atoms with Gasteiger partial charge in [-0.25, -0.2) is 0 Å². The Hall–Kier alpha value is -0.480. The Morgan fingerprint density at radius 3 is 2.62 bits per heavy atom. The minimum atomic E-state index is 0.465. The summed E-state index contributed by atoms with van der Waals surface area (Å²) in [5, 5.41) is 0. The van der Waals surface area contributed by atoms with E-state index in [1.54, 1.807) is 0 Å². The number of hydrogen-bond donors (Lipinski definition) is 0. The van der Waals surface area contributed by atoms with Gasteiger partial charge in [0.15, 0.2) is 0 Å². The first kappa shape index (κ1) is 10.6. The van der Waals surface area contributed by atoms with E-state index in [9.17, 15) is 0 Å². The van der Waals surface area contributed by atoms with Gasteiger partial charge in [0.05, 0.1) is 6.54 Å². The minimum Gasteiger partial charge on any atom is -0.289 e. The van der Waals surface area contributed by atoms with Gasteiger partial charge in [-0.3, -0.25) is 4.90 Å². The van der Waals surface area contributed by atoms with Crippen LogP contribution in [0.3, 0.4) is 0 Å². The molecule has 0 spiro atoms. The molecule has 0 N–H and O–H groups in total. The van der Waals surface area contributed by atoms with Crippen LogP contribution in [0.1, 0.15) is 40.0 Å². The fraction of sp³-hybridized carbons (Fsp3) is 0.833. The topological polar surface area (TPSA) is 3.24 Å². The van der Waals surface area contributed by atoms with Crippen LogP contribution >= 0.6 is 0 Å². The van der Waals surface area contributed by atoms with Crippen molar-refractivity contribution in [3.05, 3.63) is 0 Å². The lowest BCUT2D eigenvalue weighted by atomic mass is 9.86. The summed E-state index contributed by atoms with van der Waals surface area (Å²) < 4.78 is 0. The SMILES string of the molecule is C#CCN(CC)C1CCCC1(C)C. The molecular formula is C12H21N. The number of rotatable bonds is 3. The molecule has 0 aromatic rings. The molecule has 0 aromatic heterocycles. The van der Waals surface area contributed by atoms with E-state index >= 15 is 0 Å². The lowest BCUT2D eigenvalue weighted by Crippen LogP contribution is -2.42. The number of terminal acetylenes is 1. The van der Waals surface area contributed by atoms with E-state index in [4.69, 9.17) is 6.42 Å². The second-order valence-corrected chi connectivity index (χ2v) is 4.66. The zero-order valence-electron chi connectivity index (χ0n) is 9.14. The standard InChI is InChI=1S/C12H21N/c1-5-10-13(6-2)11-8-7-9-12(11,3)4/h1,11H,6-10H2,2-4H3. The molecule has 0 radical (unpaired) electrons. The Labute approximate surface area is 82.5 Å². The molecule has 1 aliphatic rings. The monoisotopic (exact) mass is 179 g/mol. The first-order valence-electron chi connectivity index (χ1n) is 5.29. The summed E-state index contributed by atoms with van der Waals surface area (Å²) in [6, 6.07) is 0.702. The second kappa shape index (κ2) is 4.15. The minimum absolute atomic E-state index is 0.465. The third-order valence-electron chi connectivity index (χ3n) is 3.34.